The van der Waals surface area contributed by atoms with E-state index in [1.165, 1.54) is 16.2 Å². The molecular formula is C12H12ClN5OS. The number of hydrazine groups is 1. The highest BCUT2D eigenvalue weighted by molar-refractivity contribution is 7.16. The number of halogens is 1. The van der Waals surface area contributed by atoms with Gasteiger partial charge in [0.2, 0.25) is 0 Å². The van der Waals surface area contributed by atoms with Crippen molar-refractivity contribution in [3.63, 3.8) is 0 Å². The van der Waals surface area contributed by atoms with Crippen LogP contribution in [0.3, 0.4) is 0 Å². The molecule has 0 aromatic carbocycles. The first-order valence-electron chi connectivity index (χ1n) is 6.10. The standard InChI is InChI=1S/C12H12ClN5OS/c13-6-4-5-9(18-14)16-10(6)11(19)17-12-15-7-2-1-3-8(7)20-12/h4-5H,1-3,14H2,(H,16,18)(H,15,17,19). The van der Waals surface area contributed by atoms with Crippen LogP contribution in [0.5, 0.6) is 0 Å². The first-order chi connectivity index (χ1) is 9.67. The number of thiazole rings is 1. The predicted octanol–water partition coefficient (Wildman–Crippen LogP) is 2.22. The fourth-order valence-corrected chi connectivity index (χ4v) is 3.32. The molecule has 1 aliphatic carbocycles. The topological polar surface area (TPSA) is 92.9 Å². The van der Waals surface area contributed by atoms with Crippen LogP contribution >= 0.6 is 22.9 Å². The summed E-state index contributed by atoms with van der Waals surface area (Å²) in [7, 11) is 0. The second-order valence-electron chi connectivity index (χ2n) is 4.37. The zero-order chi connectivity index (χ0) is 14.1. The average molecular weight is 310 g/mol. The summed E-state index contributed by atoms with van der Waals surface area (Å²) in [4.78, 5) is 21.9. The smallest absolute Gasteiger partial charge is 0.277 e. The maximum Gasteiger partial charge on any atom is 0.277 e. The van der Waals surface area contributed by atoms with Gasteiger partial charge in [0, 0.05) is 4.88 Å². The van der Waals surface area contributed by atoms with Crippen LogP contribution in [0.4, 0.5) is 10.9 Å². The van der Waals surface area contributed by atoms with Crippen LogP contribution in [0.2, 0.25) is 5.02 Å². The summed E-state index contributed by atoms with van der Waals surface area (Å²) in [6.07, 6.45) is 3.15. The normalized spacial score (nSPS) is 13.1. The number of hydrogen-bond acceptors (Lipinski definition) is 6. The van der Waals surface area contributed by atoms with Crippen LogP contribution in [-0.4, -0.2) is 15.9 Å². The first kappa shape index (κ1) is 13.3. The molecule has 0 unspecified atom stereocenters. The summed E-state index contributed by atoms with van der Waals surface area (Å²) in [6.45, 7) is 0. The number of nitrogens with two attached hydrogens (primary N) is 1. The zero-order valence-corrected chi connectivity index (χ0v) is 12.0. The van der Waals surface area contributed by atoms with Gasteiger partial charge in [0.05, 0.1) is 10.7 Å². The number of anilines is 2. The quantitative estimate of drug-likeness (QED) is 0.597. The Hall–Kier alpha value is -1.70. The average Bonchev–Trinajstić information content (AvgIpc) is 3.00. The molecule has 2 heterocycles. The number of hydrogen-bond donors (Lipinski definition) is 3. The summed E-state index contributed by atoms with van der Waals surface area (Å²) < 4.78 is 0. The van der Waals surface area contributed by atoms with E-state index in [0.29, 0.717) is 10.9 Å². The van der Waals surface area contributed by atoms with Gasteiger partial charge in [0.15, 0.2) is 5.13 Å². The van der Waals surface area contributed by atoms with Gasteiger partial charge in [-0.3, -0.25) is 10.1 Å². The van der Waals surface area contributed by atoms with Gasteiger partial charge in [0.1, 0.15) is 11.5 Å². The van der Waals surface area contributed by atoms with Gasteiger partial charge in [0.25, 0.3) is 5.91 Å². The van der Waals surface area contributed by atoms with Crippen molar-refractivity contribution in [2.24, 2.45) is 5.84 Å². The monoisotopic (exact) mass is 309 g/mol. The largest absolute Gasteiger partial charge is 0.308 e. The molecular weight excluding hydrogens is 298 g/mol. The molecule has 6 nitrogen and oxygen atoms in total. The molecule has 0 saturated carbocycles. The lowest BCUT2D eigenvalue weighted by molar-refractivity contribution is 0.102. The van der Waals surface area contributed by atoms with Crippen molar-refractivity contribution < 1.29 is 4.79 Å². The summed E-state index contributed by atoms with van der Waals surface area (Å²) in [6, 6.07) is 3.16. The first-order valence-corrected chi connectivity index (χ1v) is 7.30. The number of aromatic nitrogens is 2. The molecule has 104 valence electrons. The van der Waals surface area contributed by atoms with Crippen LogP contribution in [0, 0.1) is 0 Å². The van der Waals surface area contributed by atoms with E-state index in [0.717, 1.165) is 25.0 Å². The molecule has 0 bridgehead atoms. The van der Waals surface area contributed by atoms with Crippen LogP contribution in [0.25, 0.3) is 0 Å². The Kier molecular flexibility index (Phi) is 3.56. The van der Waals surface area contributed by atoms with Gasteiger partial charge in [-0.15, -0.1) is 11.3 Å². The van der Waals surface area contributed by atoms with Gasteiger partial charge in [-0.1, -0.05) is 11.6 Å². The number of rotatable bonds is 3. The van der Waals surface area contributed by atoms with E-state index in [9.17, 15) is 4.79 Å². The van der Waals surface area contributed by atoms with Crippen molar-refractivity contribution in [2.45, 2.75) is 19.3 Å². The lowest BCUT2D eigenvalue weighted by atomic mass is 10.3. The maximum absolute atomic E-state index is 12.2. The second-order valence-corrected chi connectivity index (χ2v) is 5.86. The van der Waals surface area contributed by atoms with Crippen LogP contribution in [-0.2, 0) is 12.8 Å². The molecule has 0 aliphatic heterocycles. The third-order valence-electron chi connectivity index (χ3n) is 3.03. The third kappa shape index (κ3) is 2.47. The van der Waals surface area contributed by atoms with Gasteiger partial charge >= 0.3 is 0 Å². The molecule has 3 rings (SSSR count). The Balaban J connectivity index is 1.81. The van der Waals surface area contributed by atoms with E-state index >= 15 is 0 Å². The van der Waals surface area contributed by atoms with Crippen molar-refractivity contribution in [1.29, 1.82) is 0 Å². The third-order valence-corrected chi connectivity index (χ3v) is 4.40. The number of nitrogens with zero attached hydrogens (tertiary/aromatic N) is 2. The van der Waals surface area contributed by atoms with Crippen LogP contribution < -0.4 is 16.6 Å². The molecule has 4 N–H and O–H groups in total. The SMILES string of the molecule is NNc1ccc(Cl)c(C(=O)Nc2nc3c(s2)CCC3)n1. The molecule has 1 amide bonds. The van der Waals surface area contributed by atoms with Gasteiger partial charge in [-0.2, -0.15) is 0 Å². The predicted molar refractivity (Wildman–Crippen MR) is 79.1 cm³/mol. The second kappa shape index (κ2) is 5.35. The molecule has 20 heavy (non-hydrogen) atoms. The number of aryl methyl sites for hydroxylation is 2. The lowest BCUT2D eigenvalue weighted by Crippen LogP contribution is -2.16. The number of fused-ring (bicyclic) bond motifs is 1. The fraction of sp³-hybridized carbons (Fsp3) is 0.250. The van der Waals surface area contributed by atoms with Gasteiger partial charge < -0.3 is 5.43 Å². The van der Waals surface area contributed by atoms with E-state index in [2.05, 4.69) is 20.7 Å². The van der Waals surface area contributed by atoms with Gasteiger partial charge in [-0.05, 0) is 31.4 Å². The van der Waals surface area contributed by atoms with Gasteiger partial charge in [-0.25, -0.2) is 15.8 Å². The fourth-order valence-electron chi connectivity index (χ4n) is 2.08. The molecule has 0 spiro atoms. The highest BCUT2D eigenvalue weighted by Gasteiger charge is 2.19. The van der Waals surface area contributed by atoms with Crippen molar-refractivity contribution >= 4 is 39.8 Å². The van der Waals surface area contributed by atoms with Crippen molar-refractivity contribution in [1.82, 2.24) is 9.97 Å². The van der Waals surface area contributed by atoms with E-state index in [1.54, 1.807) is 12.1 Å². The maximum atomic E-state index is 12.2. The molecule has 8 heteroatoms. The minimum absolute atomic E-state index is 0.123. The Morgan fingerprint density at radius 3 is 2.95 bits per heavy atom. The molecule has 0 atom stereocenters. The van der Waals surface area contributed by atoms with E-state index in [1.807, 2.05) is 0 Å². The van der Waals surface area contributed by atoms with Crippen molar-refractivity contribution in [3.8, 4) is 0 Å². The van der Waals surface area contributed by atoms with Crippen LogP contribution in [0.1, 0.15) is 27.5 Å². The minimum Gasteiger partial charge on any atom is -0.308 e. The van der Waals surface area contributed by atoms with Crippen LogP contribution in [0.15, 0.2) is 12.1 Å². The van der Waals surface area contributed by atoms with E-state index in [4.69, 9.17) is 17.4 Å². The summed E-state index contributed by atoms with van der Waals surface area (Å²) in [5, 5.41) is 3.59. The summed E-state index contributed by atoms with van der Waals surface area (Å²) in [5.74, 6) is 5.26. The number of nitrogen functional groups attached to an aromatic ring is 1. The summed E-state index contributed by atoms with van der Waals surface area (Å²) in [5.41, 5.74) is 3.59. The minimum atomic E-state index is -0.389. The summed E-state index contributed by atoms with van der Waals surface area (Å²) >= 11 is 7.49. The number of carbonyl (C=O) groups excluding carboxylic acids is 1. The highest BCUT2D eigenvalue weighted by Crippen LogP contribution is 2.30. The molecule has 2 aromatic heterocycles. The highest BCUT2D eigenvalue weighted by atomic mass is 35.5. The zero-order valence-electron chi connectivity index (χ0n) is 10.4. The Morgan fingerprint density at radius 1 is 1.35 bits per heavy atom. The molecule has 2 aromatic rings. The Labute approximate surface area is 124 Å². The molecule has 0 saturated heterocycles. The lowest BCUT2D eigenvalue weighted by Gasteiger charge is -2.05. The number of pyridine rings is 1. The molecule has 0 radical (unpaired) electrons. The molecule has 0 fully saturated rings. The Morgan fingerprint density at radius 2 is 2.20 bits per heavy atom. The number of carbonyl (C=O) groups is 1. The van der Waals surface area contributed by atoms with E-state index < -0.39 is 0 Å². The Bertz CT molecular complexity index is 650. The number of nitrogens with one attached hydrogen (secondary N) is 2. The van der Waals surface area contributed by atoms with E-state index in [-0.39, 0.29) is 16.6 Å². The van der Waals surface area contributed by atoms with Crippen molar-refractivity contribution in [2.75, 3.05) is 10.7 Å². The number of amides is 1. The van der Waals surface area contributed by atoms with Crippen molar-refractivity contribution in [3.05, 3.63) is 33.4 Å². The molecule has 1 aliphatic rings.